The van der Waals surface area contributed by atoms with Gasteiger partial charge >= 0.3 is 29.8 Å². The molecule has 0 amide bonds. The molecule has 5 aliphatic carbocycles. The zero-order valence-corrected chi connectivity index (χ0v) is 74.6. The van der Waals surface area contributed by atoms with E-state index in [1.807, 2.05) is 27.9 Å². The van der Waals surface area contributed by atoms with Crippen LogP contribution in [0.2, 0.25) is 0 Å². The average molecular weight is 1700 g/mol. The number of methoxy groups -OCH3 is 3. The van der Waals surface area contributed by atoms with Crippen molar-refractivity contribution in [2.45, 2.75) is 355 Å². The summed E-state index contributed by atoms with van der Waals surface area (Å²) in [6, 6.07) is 0. The zero-order valence-electron chi connectivity index (χ0n) is 74.6. The van der Waals surface area contributed by atoms with Gasteiger partial charge in [0.2, 0.25) is 0 Å². The van der Waals surface area contributed by atoms with Crippen LogP contribution in [0.25, 0.3) is 0 Å². The van der Waals surface area contributed by atoms with Crippen LogP contribution in [0.1, 0.15) is 222 Å². The number of hydrogen-bond acceptors (Lipinski definition) is 22. The predicted molar refractivity (Wildman–Crippen MR) is 455 cm³/mol. The van der Waals surface area contributed by atoms with Gasteiger partial charge in [-0.25, -0.2) is 0 Å². The van der Waals surface area contributed by atoms with Crippen molar-refractivity contribution in [3.8, 4) is 0 Å². The maximum atomic E-state index is 12.1. The van der Waals surface area contributed by atoms with Crippen LogP contribution in [0.4, 0.5) is 0 Å². The largest absolute Gasteiger partial charge is 0.466 e. The number of ether oxygens (including phenoxy) is 17. The first kappa shape index (κ1) is 90.2. The Kier molecular flexibility index (Phi) is 29.4. The van der Waals surface area contributed by atoms with E-state index in [0.717, 1.165) is 114 Å². The van der Waals surface area contributed by atoms with Crippen molar-refractivity contribution >= 4 is 29.8 Å². The van der Waals surface area contributed by atoms with Gasteiger partial charge in [0.15, 0.2) is 0 Å². The molecular weight excluding hydrogens is 1550 g/mol. The minimum atomic E-state index is -0.377. The molecule has 0 N–H and O–H groups in total. The van der Waals surface area contributed by atoms with Crippen molar-refractivity contribution in [2.75, 3.05) is 47.8 Å². The molecule has 15 fully saturated rings. The Hall–Kier alpha value is -5.21. The van der Waals surface area contributed by atoms with Crippen LogP contribution in [-0.4, -0.2) is 210 Å². The summed E-state index contributed by atoms with van der Waals surface area (Å²) in [7, 11) is 5.34. The molecular formula is C100H144O22. The van der Waals surface area contributed by atoms with E-state index in [9.17, 15) is 24.0 Å². The maximum absolute atomic E-state index is 12.1. The molecule has 0 spiro atoms. The fraction of sp³-hybridized carbons (Fsp3) is 0.790. The molecule has 22 nitrogen and oxygen atoms in total. The Bertz CT molecular complexity index is 3720. The molecule has 676 valence electrons. The van der Waals surface area contributed by atoms with Crippen molar-refractivity contribution in [2.24, 2.45) is 94.7 Å². The average Bonchev–Trinajstić information content (AvgIpc) is 1.55. The van der Waals surface area contributed by atoms with Gasteiger partial charge in [-0.15, -0.1) is 0 Å². The molecule has 0 radical (unpaired) electrons. The van der Waals surface area contributed by atoms with Gasteiger partial charge in [-0.3, -0.25) is 24.0 Å². The first-order valence-electron chi connectivity index (χ1n) is 47.6. The highest BCUT2D eigenvalue weighted by molar-refractivity contribution is 5.68. The molecule has 18 aliphatic heterocycles. The lowest BCUT2D eigenvalue weighted by Crippen LogP contribution is -2.55. The van der Waals surface area contributed by atoms with Crippen LogP contribution in [-0.2, 0) is 104 Å². The molecule has 18 heterocycles. The Balaban J connectivity index is 0.000000104. The lowest BCUT2D eigenvalue weighted by molar-refractivity contribution is -0.188. The molecule has 20 bridgehead atoms. The van der Waals surface area contributed by atoms with Gasteiger partial charge in [-0.05, 0) is 215 Å². The molecule has 4 saturated carbocycles. The first-order valence-corrected chi connectivity index (χ1v) is 47.6. The van der Waals surface area contributed by atoms with Crippen LogP contribution in [0, 0.1) is 94.7 Å². The van der Waals surface area contributed by atoms with Crippen molar-refractivity contribution in [1.29, 1.82) is 0 Å². The summed E-state index contributed by atoms with van der Waals surface area (Å²) in [4.78, 5) is 55.6. The summed E-state index contributed by atoms with van der Waals surface area (Å²) >= 11 is 0. The summed E-state index contributed by atoms with van der Waals surface area (Å²) in [5, 5.41) is 0. The molecule has 33 atom stereocenters. The van der Waals surface area contributed by atoms with Gasteiger partial charge in [0, 0.05) is 98.1 Å². The SMILES string of the molecule is CC(=O)OC(C)(C)CC1CC2C=CC1O2.CC(=O)OC(C)CC1CC2C=CC1O2.CC(=O)OC(C1CCCC1)(C1CCCC1)C1CC2C=CC1O2.CC(=O)OC1(C2CC3C=CC2O3)CCCCC1.CC(=O)OCCC1CC2C=CC1O2.COCC1CC2OC1C1C3C=CC(C3)C21.COCC1CC2OC1C1C3C=CC(O3)C21.COCCC1CC2C=CC1O2. The molecule has 23 rings (SSSR count). The smallest absolute Gasteiger partial charge is 0.303 e. The molecule has 33 unspecified atom stereocenters. The van der Waals surface area contributed by atoms with Gasteiger partial charge in [-0.2, -0.15) is 0 Å². The minimum absolute atomic E-state index is 0.00819. The van der Waals surface area contributed by atoms with E-state index in [0.29, 0.717) is 145 Å². The number of esters is 5. The summed E-state index contributed by atoms with van der Waals surface area (Å²) in [5.74, 6) is 9.17. The third-order valence-corrected chi connectivity index (χ3v) is 31.8. The van der Waals surface area contributed by atoms with E-state index in [1.54, 1.807) is 21.1 Å². The third kappa shape index (κ3) is 20.3. The van der Waals surface area contributed by atoms with Crippen molar-refractivity contribution in [1.82, 2.24) is 0 Å². The summed E-state index contributed by atoms with van der Waals surface area (Å²) in [6.45, 7) is 16.5. The molecule has 11 saturated heterocycles. The first-order chi connectivity index (χ1) is 58.9. The van der Waals surface area contributed by atoms with Crippen molar-refractivity contribution in [3.05, 3.63) is 97.2 Å². The third-order valence-electron chi connectivity index (χ3n) is 31.8. The monoisotopic (exact) mass is 1700 g/mol. The summed E-state index contributed by atoms with van der Waals surface area (Å²) in [6.07, 6.45) is 71.0. The second-order valence-corrected chi connectivity index (χ2v) is 40.5. The van der Waals surface area contributed by atoms with E-state index in [1.165, 1.54) is 124 Å². The fourth-order valence-electron chi connectivity index (χ4n) is 27.3. The van der Waals surface area contributed by atoms with Gasteiger partial charge in [0.05, 0.1) is 136 Å². The lowest BCUT2D eigenvalue weighted by atomic mass is 9.64. The van der Waals surface area contributed by atoms with Crippen LogP contribution in [0.3, 0.4) is 0 Å². The van der Waals surface area contributed by atoms with Crippen LogP contribution in [0.15, 0.2) is 97.2 Å². The Morgan fingerprint density at radius 3 is 1.30 bits per heavy atom. The summed E-state index contributed by atoms with van der Waals surface area (Å²) < 4.78 is 95.6. The Morgan fingerprint density at radius 2 is 0.852 bits per heavy atom. The normalized spacial score (nSPS) is 41.9. The zero-order chi connectivity index (χ0) is 85.1. The quantitative estimate of drug-likeness (QED) is 0.0555. The van der Waals surface area contributed by atoms with Crippen molar-refractivity contribution in [3.63, 3.8) is 0 Å². The molecule has 122 heavy (non-hydrogen) atoms. The second kappa shape index (κ2) is 39.8. The number of allylic oxidation sites excluding steroid dienone is 2. The minimum Gasteiger partial charge on any atom is -0.466 e. The predicted octanol–water partition coefficient (Wildman–Crippen LogP) is 15.8. The molecule has 0 aromatic carbocycles. The molecule has 22 heteroatoms. The maximum Gasteiger partial charge on any atom is 0.303 e. The Labute approximate surface area is 725 Å². The van der Waals surface area contributed by atoms with Crippen LogP contribution in [0.5, 0.6) is 0 Å². The summed E-state index contributed by atoms with van der Waals surface area (Å²) in [5.41, 5.74) is -0.880. The van der Waals surface area contributed by atoms with Crippen LogP contribution >= 0.6 is 0 Å². The van der Waals surface area contributed by atoms with Gasteiger partial charge in [0.1, 0.15) is 16.8 Å². The van der Waals surface area contributed by atoms with E-state index >= 15 is 0 Å². The lowest BCUT2D eigenvalue weighted by Gasteiger charge is -2.48. The molecule has 0 aromatic rings. The highest BCUT2D eigenvalue weighted by Gasteiger charge is 2.66. The molecule has 23 aliphatic rings. The highest BCUT2D eigenvalue weighted by atomic mass is 16.6. The van der Waals surface area contributed by atoms with Gasteiger partial charge in [0.25, 0.3) is 0 Å². The Morgan fingerprint density at radius 1 is 0.393 bits per heavy atom. The number of hydrogen-bond donors (Lipinski definition) is 0. The topological polar surface area (TPSA) is 242 Å². The second-order valence-electron chi connectivity index (χ2n) is 40.5. The number of rotatable bonds is 22. The van der Waals surface area contributed by atoms with Gasteiger partial charge in [-0.1, -0.05) is 129 Å². The van der Waals surface area contributed by atoms with Gasteiger partial charge < -0.3 is 80.5 Å². The molecule has 0 aromatic heterocycles. The number of carbonyl (C=O) groups excluding carboxylic acids is 5. The number of carbonyl (C=O) groups is 5. The van der Waals surface area contributed by atoms with E-state index in [4.69, 9.17) is 80.5 Å². The van der Waals surface area contributed by atoms with E-state index < -0.39 is 0 Å². The fourth-order valence-corrected chi connectivity index (χ4v) is 27.3. The van der Waals surface area contributed by atoms with Crippen LogP contribution < -0.4 is 0 Å². The number of fused-ring (bicyclic) bond motifs is 30. The van der Waals surface area contributed by atoms with Crippen molar-refractivity contribution < 1.29 is 104 Å². The standard InChI is InChI=1S/C19H28O3.C14H20O3.C13H18O2.C12H16O3.C12H18O3.C11H16O3.C10H14O3.C9H14O2/c1-13(20)22-19(14-6-2-3-7-14,15-8-4-5-9-15)17-12-16-10-11-18(17)21-16;1-10(15)17-14(7-3-2-4-8-14)12-9-11-5-6-13(12)16-11;1-14-6-9-5-10-11-7-2-3-8(4-7)12(11)13(9)15-10;1-13-5-6-4-9-10-7-2-3-8(14-7)11(10)12(6)15-9;1-8(13)15-12(2,3)7-9-6-10-4-5-11(9)14-10;1-7(13-8(2)12)5-9-6-10-3-4-11(9)14-10;1-7(11)12-5-4-8-6-9-2-3-10(8)13-9;1-10-5-4-7-6-8-2-3-9(7)11-8/h10-11,14-18H,2-9,12H2,1H3;5-6,11-13H,2-4,7-9H2,1H3;2-3,7-13H,4-6H2,1H3;2-3,6-12H,4-5H2,1H3;4-5,9-11H,6-7H2,1-3H3;3-4,7,9-11H,5-6H2,1-2H3;2-3,8-10H,4-6H2,1H3;2-3,7-9H,4-6H2,1H3. The van der Waals surface area contributed by atoms with E-state index in [2.05, 4.69) is 97.2 Å². The van der Waals surface area contributed by atoms with E-state index in [-0.39, 0.29) is 95.5 Å². The highest BCUT2D eigenvalue weighted by Crippen LogP contribution is 2.63.